The monoisotopic (exact) mass is 764 g/mol. The predicted octanol–water partition coefficient (Wildman–Crippen LogP) is 2.90. The molecule has 1 saturated heterocycles. The number of aromatic nitrogens is 4. The number of halogens is 1. The van der Waals surface area contributed by atoms with E-state index in [9.17, 15) is 32.0 Å². The second kappa shape index (κ2) is 14.4. The van der Waals surface area contributed by atoms with Gasteiger partial charge in [-0.2, -0.15) is 5.10 Å². The molecular weight excluding hydrogens is 720 g/mol. The Labute approximate surface area is 312 Å². The highest BCUT2D eigenvalue weighted by atomic mass is 32.2. The Morgan fingerprint density at radius 2 is 1.94 bits per heavy atom. The van der Waals surface area contributed by atoms with Crippen LogP contribution >= 0.6 is 0 Å². The van der Waals surface area contributed by atoms with E-state index in [2.05, 4.69) is 35.5 Å². The van der Waals surface area contributed by atoms with E-state index >= 15 is 0 Å². The summed E-state index contributed by atoms with van der Waals surface area (Å²) < 4.78 is 48.5. The van der Waals surface area contributed by atoms with Gasteiger partial charge in [-0.25, -0.2) is 22.8 Å². The van der Waals surface area contributed by atoms with Gasteiger partial charge in [0.2, 0.25) is 27.7 Å². The fraction of sp³-hybridized carbons (Fsp3) is 0.541. The van der Waals surface area contributed by atoms with E-state index in [1.165, 1.54) is 17.0 Å². The van der Waals surface area contributed by atoms with Gasteiger partial charge in [0.25, 0.3) is 11.8 Å². The summed E-state index contributed by atoms with van der Waals surface area (Å²) in [4.78, 5) is 66.4. The van der Waals surface area contributed by atoms with Crippen LogP contribution in [-0.2, 0) is 30.8 Å². The molecular formula is C37H45FN8O7S. The zero-order valence-electron chi connectivity index (χ0n) is 30.5. The fourth-order valence-corrected chi connectivity index (χ4v) is 8.57. The third kappa shape index (κ3) is 7.29. The van der Waals surface area contributed by atoms with E-state index in [0.29, 0.717) is 49.0 Å². The van der Waals surface area contributed by atoms with Crippen molar-refractivity contribution in [2.45, 2.75) is 113 Å². The van der Waals surface area contributed by atoms with Gasteiger partial charge >= 0.3 is 0 Å². The van der Waals surface area contributed by atoms with Crippen LogP contribution < -0.4 is 20.1 Å². The van der Waals surface area contributed by atoms with Crippen molar-refractivity contribution in [2.75, 3.05) is 6.54 Å². The second-order valence-corrected chi connectivity index (χ2v) is 17.3. The summed E-state index contributed by atoms with van der Waals surface area (Å²) in [5.41, 5.74) is 0.0431. The Balaban J connectivity index is 1.21. The number of rotatable bonds is 8. The summed E-state index contributed by atoms with van der Waals surface area (Å²) in [5, 5.41) is 12.4. The van der Waals surface area contributed by atoms with Gasteiger partial charge in [0, 0.05) is 18.0 Å². The molecule has 7 rings (SSSR count). The number of ether oxygens (including phenoxy) is 1. The molecule has 4 N–H and O–H groups in total. The number of allylic oxidation sites excluding steroid dienone is 1. The Hall–Kier alpha value is -4.93. The Kier molecular flexibility index (Phi) is 9.95. The fourth-order valence-electron chi connectivity index (χ4n) is 7.26. The van der Waals surface area contributed by atoms with Gasteiger partial charge in [-0.1, -0.05) is 38.0 Å². The minimum atomic E-state index is -4.01. The molecule has 2 aliphatic heterocycles. The molecule has 5 atom stereocenters. The van der Waals surface area contributed by atoms with Crippen molar-refractivity contribution >= 4 is 44.7 Å². The van der Waals surface area contributed by atoms with Crippen LogP contribution in [0.4, 0.5) is 4.39 Å². The summed E-state index contributed by atoms with van der Waals surface area (Å²) in [6.45, 7) is 5.07. The van der Waals surface area contributed by atoms with Crippen molar-refractivity contribution in [3.63, 3.8) is 0 Å². The van der Waals surface area contributed by atoms with Crippen molar-refractivity contribution in [2.24, 2.45) is 5.92 Å². The van der Waals surface area contributed by atoms with Crippen LogP contribution in [0, 0.1) is 18.7 Å². The summed E-state index contributed by atoms with van der Waals surface area (Å²) in [6, 6.07) is 3.81. The molecule has 0 unspecified atom stereocenters. The highest BCUT2D eigenvalue weighted by Gasteiger charge is 2.63. The van der Waals surface area contributed by atoms with Crippen LogP contribution in [-0.4, -0.2) is 92.1 Å². The molecule has 2 aromatic heterocycles. The number of nitrogens with one attached hydrogen (secondary N) is 4. The highest BCUT2D eigenvalue weighted by Crippen LogP contribution is 2.47. The molecule has 15 nitrogen and oxygen atoms in total. The number of aromatic amines is 1. The predicted molar refractivity (Wildman–Crippen MR) is 194 cm³/mol. The van der Waals surface area contributed by atoms with Crippen LogP contribution in [0.15, 0.2) is 36.4 Å². The van der Waals surface area contributed by atoms with Gasteiger partial charge in [0.05, 0.1) is 16.8 Å². The lowest BCUT2D eigenvalue weighted by atomic mass is 10.0. The van der Waals surface area contributed by atoms with Crippen LogP contribution in [0.25, 0.3) is 11.0 Å². The van der Waals surface area contributed by atoms with Gasteiger partial charge in [-0.15, -0.1) is 0 Å². The Bertz CT molecular complexity index is 2140. The number of carbonyl (C=O) groups excluding carboxylic acids is 4. The van der Waals surface area contributed by atoms with Crippen molar-refractivity contribution in [1.29, 1.82) is 0 Å². The molecule has 3 fully saturated rings. The van der Waals surface area contributed by atoms with E-state index in [-0.39, 0.29) is 42.9 Å². The number of H-pyrrole nitrogens is 1. The molecule has 4 heterocycles. The first-order valence-corrected chi connectivity index (χ1v) is 20.0. The van der Waals surface area contributed by atoms with Crippen LogP contribution in [0.1, 0.15) is 93.5 Å². The normalized spacial score (nSPS) is 27.4. The van der Waals surface area contributed by atoms with Gasteiger partial charge < -0.3 is 20.3 Å². The first-order chi connectivity index (χ1) is 25.7. The SMILES string of the molecule is CCc1nc2cccc(F)c2nc1O[C@@H]1C[C@H]2C(=O)N[C@]3(C(=O)NS(=O)(=O)C4(C)CC4)C[C@H]3/C=C\CCCCC[C@H](NC(=O)c3cc(C)[nH]n3)C(=O)N2C1. The van der Waals surface area contributed by atoms with Crippen molar-refractivity contribution in [3.05, 3.63) is 59.3 Å². The number of fused-ring (bicyclic) bond motifs is 3. The molecule has 0 spiro atoms. The number of nitrogens with zero attached hydrogens (tertiary/aromatic N) is 4. The topological polar surface area (TPSA) is 205 Å². The Morgan fingerprint density at radius 3 is 2.67 bits per heavy atom. The standard InChI is InChI=1S/C37H45FN8O7S/c1-4-25-33(41-30-24(38)12-10-14-26(30)39-25)53-23-18-29-32(48)42-37(35(50)45-54(51,52)36(3)15-16-36)19-22(37)11-8-6-5-7-9-13-27(34(49)46(29)20-23)40-31(47)28-17-21(2)43-44-28/h8,10-12,14,17,22-23,27,29H,4-7,9,13,15-16,18-20H2,1-3H3,(H,40,47)(H,42,48)(H,43,44)(H,45,50)/b11-8-/t22-,23-,27+,29+,37-/m1/s1. The number of para-hydroxylation sites is 1. The first-order valence-electron chi connectivity index (χ1n) is 18.5. The lowest BCUT2D eigenvalue weighted by molar-refractivity contribution is -0.141. The minimum Gasteiger partial charge on any atom is -0.471 e. The maximum atomic E-state index is 14.8. The molecule has 4 aliphatic rings. The first kappa shape index (κ1) is 37.4. The molecule has 17 heteroatoms. The van der Waals surface area contributed by atoms with Gasteiger partial charge in [-0.05, 0) is 77.0 Å². The highest BCUT2D eigenvalue weighted by molar-refractivity contribution is 7.91. The molecule has 2 saturated carbocycles. The molecule has 0 bridgehead atoms. The van der Waals surface area contributed by atoms with Crippen molar-refractivity contribution < 1.29 is 36.7 Å². The zero-order chi connectivity index (χ0) is 38.4. The molecule has 4 amide bonds. The molecule has 3 aromatic rings. The summed E-state index contributed by atoms with van der Waals surface area (Å²) in [5.74, 6) is -3.58. The average molecular weight is 765 g/mol. The smallest absolute Gasteiger partial charge is 0.272 e. The number of aryl methyl sites for hydroxylation is 2. The van der Waals surface area contributed by atoms with E-state index in [1.807, 2.05) is 19.1 Å². The van der Waals surface area contributed by atoms with Crippen molar-refractivity contribution in [3.8, 4) is 5.88 Å². The largest absolute Gasteiger partial charge is 0.471 e. The molecule has 0 radical (unpaired) electrons. The number of amides is 4. The van der Waals surface area contributed by atoms with Crippen LogP contribution in [0.2, 0.25) is 0 Å². The third-order valence-corrected chi connectivity index (χ3v) is 13.2. The Morgan fingerprint density at radius 1 is 1.15 bits per heavy atom. The molecule has 288 valence electrons. The van der Waals surface area contributed by atoms with E-state index < -0.39 is 73.9 Å². The average Bonchev–Trinajstić information content (AvgIpc) is 3.94. The van der Waals surface area contributed by atoms with Crippen molar-refractivity contribution in [1.82, 2.24) is 40.4 Å². The van der Waals surface area contributed by atoms with E-state index in [0.717, 1.165) is 12.8 Å². The lowest BCUT2D eigenvalue weighted by Crippen LogP contribution is -2.58. The van der Waals surface area contributed by atoms with Crippen LogP contribution in [0.3, 0.4) is 0 Å². The molecule has 1 aromatic carbocycles. The van der Waals surface area contributed by atoms with E-state index in [1.54, 1.807) is 26.0 Å². The molecule has 2 aliphatic carbocycles. The third-order valence-electron chi connectivity index (χ3n) is 11.0. The van der Waals surface area contributed by atoms with E-state index in [4.69, 9.17) is 4.74 Å². The van der Waals surface area contributed by atoms with Gasteiger partial charge in [-0.3, -0.25) is 29.0 Å². The zero-order valence-corrected chi connectivity index (χ0v) is 31.3. The maximum absolute atomic E-state index is 14.8. The number of hydrogen-bond donors (Lipinski definition) is 4. The quantitative estimate of drug-likeness (QED) is 0.247. The minimum absolute atomic E-state index is 0.0125. The second-order valence-electron chi connectivity index (χ2n) is 15.1. The molecule has 54 heavy (non-hydrogen) atoms. The number of hydrogen-bond acceptors (Lipinski definition) is 10. The van der Waals surface area contributed by atoms with Crippen LogP contribution in [0.5, 0.6) is 5.88 Å². The summed E-state index contributed by atoms with van der Waals surface area (Å²) in [6.07, 6.45) is 7.40. The summed E-state index contributed by atoms with van der Waals surface area (Å²) >= 11 is 0. The van der Waals surface area contributed by atoms with Gasteiger partial charge in [0.1, 0.15) is 40.6 Å². The number of carbonyl (C=O) groups is 4. The summed E-state index contributed by atoms with van der Waals surface area (Å²) in [7, 11) is -4.01. The number of sulfonamides is 1. The van der Waals surface area contributed by atoms with Gasteiger partial charge in [0.15, 0.2) is 5.82 Å². The number of benzene rings is 1. The maximum Gasteiger partial charge on any atom is 0.272 e. The lowest BCUT2D eigenvalue weighted by Gasteiger charge is -2.30.